The zero-order valence-electron chi connectivity index (χ0n) is 17.3. The fourth-order valence-corrected chi connectivity index (χ4v) is 3.23. The van der Waals surface area contributed by atoms with Gasteiger partial charge in [0.15, 0.2) is 0 Å². The van der Waals surface area contributed by atoms with Crippen molar-refractivity contribution in [2.75, 3.05) is 0 Å². The van der Waals surface area contributed by atoms with E-state index in [1.54, 1.807) is 17.0 Å². The van der Waals surface area contributed by atoms with E-state index in [0.717, 1.165) is 11.8 Å². The van der Waals surface area contributed by atoms with Gasteiger partial charge in [0.1, 0.15) is 5.75 Å². The number of aryl methyl sites for hydroxylation is 1. The molecule has 1 N–H and O–H groups in total. The molecule has 3 rings (SSSR count). The van der Waals surface area contributed by atoms with E-state index < -0.39 is 18.1 Å². The Bertz CT molecular complexity index is 1200. The number of aliphatic carboxylic acids is 1. The predicted octanol–water partition coefficient (Wildman–Crippen LogP) is 5.28. The van der Waals surface area contributed by atoms with Crippen LogP contribution in [-0.4, -0.2) is 37.4 Å². The van der Waals surface area contributed by atoms with Crippen molar-refractivity contribution in [3.05, 3.63) is 65.2 Å². The highest BCUT2D eigenvalue weighted by Crippen LogP contribution is 2.34. The molecule has 0 amide bonds. The molecule has 0 atom stereocenters. The number of carboxylic acid groups (broad SMARTS) is 1. The Kier molecular flexibility index (Phi) is 7.22. The summed E-state index contributed by atoms with van der Waals surface area (Å²) in [5.74, 6) is -1.20. The van der Waals surface area contributed by atoms with Crippen LogP contribution in [0.3, 0.4) is 0 Å². The maximum absolute atomic E-state index is 12.4. The maximum Gasteiger partial charge on any atom is 0.573 e. The number of aromatic nitrogens is 4. The van der Waals surface area contributed by atoms with Crippen molar-refractivity contribution in [3.8, 4) is 17.2 Å². The summed E-state index contributed by atoms with van der Waals surface area (Å²) in [7, 11) is 0. The number of alkyl halides is 3. The summed E-state index contributed by atoms with van der Waals surface area (Å²) in [5, 5.41) is 16.8. The molecule has 1 aromatic carbocycles. The van der Waals surface area contributed by atoms with Crippen LogP contribution in [0.15, 0.2) is 47.7 Å². The molecule has 0 aliphatic rings. The number of halogens is 4. The fraction of sp³-hybridized carbons (Fsp3) is 0.238. The lowest BCUT2D eigenvalue weighted by Crippen LogP contribution is -2.17. The molecule has 2 heterocycles. The summed E-state index contributed by atoms with van der Waals surface area (Å²) in [6.07, 6.45) is 0.359. The number of carbonyl (C=O) groups is 1. The van der Waals surface area contributed by atoms with Crippen LogP contribution in [-0.2, 0) is 11.3 Å². The van der Waals surface area contributed by atoms with Gasteiger partial charge < -0.3 is 14.4 Å². The lowest BCUT2D eigenvalue weighted by Gasteiger charge is -2.10. The van der Waals surface area contributed by atoms with Crippen LogP contribution < -0.4 is 4.74 Å². The molecular weight excluding hydrogens is 465 g/mol. The molecule has 0 unspecified atom stereocenters. The third kappa shape index (κ3) is 6.01. The Labute approximate surface area is 190 Å². The number of hydrogen-bond donors (Lipinski definition) is 1. The van der Waals surface area contributed by atoms with Crippen molar-refractivity contribution in [2.24, 2.45) is 0 Å². The highest BCUT2D eigenvalue weighted by molar-refractivity contribution is 6.32. The van der Waals surface area contributed by atoms with Gasteiger partial charge in [-0.05, 0) is 31.5 Å². The smallest absolute Gasteiger partial charge is 0.481 e. The number of hydrogen-bond acceptors (Lipinski definition) is 6. The van der Waals surface area contributed by atoms with Crippen LogP contribution in [0, 0.1) is 6.92 Å². The van der Waals surface area contributed by atoms with Gasteiger partial charge >= 0.3 is 12.3 Å². The Morgan fingerprint density at radius 2 is 2.15 bits per heavy atom. The summed E-state index contributed by atoms with van der Waals surface area (Å²) in [6.45, 7) is 5.93. The summed E-state index contributed by atoms with van der Waals surface area (Å²) in [5.41, 5.74) is 2.29. The monoisotopic (exact) mass is 482 g/mol. The number of nitrogens with zero attached hydrogens (tertiary/aromatic N) is 4. The molecule has 8 nitrogen and oxygen atoms in total. The average molecular weight is 483 g/mol. The topological polar surface area (TPSA) is 103 Å². The van der Waals surface area contributed by atoms with Crippen molar-refractivity contribution in [1.29, 1.82) is 0 Å². The quantitative estimate of drug-likeness (QED) is 0.414. The van der Waals surface area contributed by atoms with Crippen LogP contribution >= 0.6 is 11.6 Å². The van der Waals surface area contributed by atoms with Gasteiger partial charge in [0.2, 0.25) is 5.82 Å². The SMILES string of the molecule is C=C/C=C(/c1noc(-c2ccc(OC(F)(F)F)c(Cl)c2)n1)c1cnn(CCCC(=O)O)c1C. The standard InChI is InChI=1S/C21H18ClF3N4O4/c1-3-5-14(15-11-26-29(12(15)2)9-4-6-18(30)31)19-27-20(33-28-19)13-7-8-17(16(22)10-13)32-21(23,24)25/h3,5,7-8,10-11H,1,4,6,9H2,2H3,(H,30,31)/b14-5+. The minimum atomic E-state index is -4.87. The number of allylic oxidation sites excluding steroid dienone is 2. The number of benzene rings is 1. The first-order chi connectivity index (χ1) is 15.6. The minimum Gasteiger partial charge on any atom is -0.481 e. The lowest BCUT2D eigenvalue weighted by molar-refractivity contribution is -0.274. The van der Waals surface area contributed by atoms with Gasteiger partial charge in [-0.3, -0.25) is 9.48 Å². The third-order valence-electron chi connectivity index (χ3n) is 4.51. The molecule has 0 aliphatic carbocycles. The summed E-state index contributed by atoms with van der Waals surface area (Å²) < 4.78 is 48.1. The van der Waals surface area contributed by atoms with E-state index in [0.29, 0.717) is 29.7 Å². The van der Waals surface area contributed by atoms with Crippen LogP contribution in [0.4, 0.5) is 13.2 Å². The molecule has 12 heteroatoms. The zero-order valence-corrected chi connectivity index (χ0v) is 18.0. The molecule has 0 radical (unpaired) electrons. The summed E-state index contributed by atoms with van der Waals surface area (Å²) in [6, 6.07) is 3.59. The van der Waals surface area contributed by atoms with Gasteiger partial charge in [-0.2, -0.15) is 10.1 Å². The van der Waals surface area contributed by atoms with Crippen molar-refractivity contribution >= 4 is 23.1 Å². The Hall–Kier alpha value is -3.60. The van der Waals surface area contributed by atoms with Crippen molar-refractivity contribution < 1.29 is 32.3 Å². The van der Waals surface area contributed by atoms with E-state index >= 15 is 0 Å². The molecule has 3 aromatic rings. The van der Waals surface area contributed by atoms with E-state index in [1.165, 1.54) is 18.2 Å². The number of rotatable bonds is 9. The minimum absolute atomic E-state index is 0.0214. The molecular formula is C21H18ClF3N4O4. The van der Waals surface area contributed by atoms with Crippen LogP contribution in [0.25, 0.3) is 17.0 Å². The fourth-order valence-electron chi connectivity index (χ4n) is 3.01. The molecule has 33 heavy (non-hydrogen) atoms. The second-order valence-corrected chi connectivity index (χ2v) is 7.20. The van der Waals surface area contributed by atoms with Gasteiger partial charge in [-0.25, -0.2) is 0 Å². The predicted molar refractivity (Wildman–Crippen MR) is 113 cm³/mol. The first-order valence-electron chi connectivity index (χ1n) is 9.56. The van der Waals surface area contributed by atoms with Gasteiger partial charge in [-0.1, -0.05) is 35.5 Å². The number of carboxylic acids is 1. The van der Waals surface area contributed by atoms with Crippen molar-refractivity contribution in [3.63, 3.8) is 0 Å². The molecule has 174 valence electrons. The van der Waals surface area contributed by atoms with Gasteiger partial charge in [0, 0.05) is 35.4 Å². The second-order valence-electron chi connectivity index (χ2n) is 6.80. The third-order valence-corrected chi connectivity index (χ3v) is 4.81. The molecule has 0 spiro atoms. The van der Waals surface area contributed by atoms with E-state index in [1.807, 2.05) is 6.92 Å². The van der Waals surface area contributed by atoms with E-state index in [-0.39, 0.29) is 23.2 Å². The Balaban J connectivity index is 1.87. The molecule has 0 fully saturated rings. The van der Waals surface area contributed by atoms with Crippen molar-refractivity contribution in [2.45, 2.75) is 32.7 Å². The average Bonchev–Trinajstić information content (AvgIpc) is 3.34. The second kappa shape index (κ2) is 9.90. The molecule has 0 saturated heterocycles. The molecule has 0 saturated carbocycles. The first-order valence-corrected chi connectivity index (χ1v) is 9.94. The van der Waals surface area contributed by atoms with Crippen LogP contribution in [0.5, 0.6) is 5.75 Å². The number of ether oxygens (including phenoxy) is 1. The Morgan fingerprint density at radius 1 is 1.39 bits per heavy atom. The lowest BCUT2D eigenvalue weighted by atomic mass is 10.1. The van der Waals surface area contributed by atoms with Crippen molar-refractivity contribution in [1.82, 2.24) is 19.9 Å². The van der Waals surface area contributed by atoms with Gasteiger partial charge in [0.25, 0.3) is 5.89 Å². The highest BCUT2D eigenvalue weighted by atomic mass is 35.5. The summed E-state index contributed by atoms with van der Waals surface area (Å²) >= 11 is 5.90. The zero-order chi connectivity index (χ0) is 24.2. The van der Waals surface area contributed by atoms with Crippen LogP contribution in [0.1, 0.15) is 29.9 Å². The van der Waals surface area contributed by atoms with Gasteiger partial charge in [-0.15, -0.1) is 13.2 Å². The normalized spacial score (nSPS) is 12.1. The Morgan fingerprint density at radius 3 is 2.79 bits per heavy atom. The molecule has 0 bridgehead atoms. The summed E-state index contributed by atoms with van der Waals surface area (Å²) in [4.78, 5) is 15.1. The highest BCUT2D eigenvalue weighted by Gasteiger charge is 2.32. The van der Waals surface area contributed by atoms with E-state index in [2.05, 4.69) is 26.6 Å². The maximum atomic E-state index is 12.4. The first kappa shape index (κ1) is 24.1. The van der Waals surface area contributed by atoms with Crippen LogP contribution in [0.2, 0.25) is 5.02 Å². The van der Waals surface area contributed by atoms with E-state index in [4.69, 9.17) is 21.2 Å². The largest absolute Gasteiger partial charge is 0.573 e. The van der Waals surface area contributed by atoms with E-state index in [9.17, 15) is 18.0 Å². The molecule has 0 aliphatic heterocycles. The molecule has 2 aromatic heterocycles. The van der Waals surface area contributed by atoms with Gasteiger partial charge in [0.05, 0.1) is 11.2 Å².